The molecule has 0 bridgehead atoms. The van der Waals surface area contributed by atoms with Gasteiger partial charge in [0.05, 0.1) is 0 Å². The van der Waals surface area contributed by atoms with Crippen LogP contribution in [0.4, 0.5) is 0 Å². The first-order chi connectivity index (χ1) is 9.04. The Hall–Kier alpha value is -1.26. The van der Waals surface area contributed by atoms with Gasteiger partial charge in [0.15, 0.2) is 6.61 Å². The van der Waals surface area contributed by atoms with E-state index in [1.165, 1.54) is 0 Å². The Morgan fingerprint density at radius 2 is 2.10 bits per heavy atom. The summed E-state index contributed by atoms with van der Waals surface area (Å²) in [7, 11) is 0. The predicted octanol–water partition coefficient (Wildman–Crippen LogP) is 2.38. The zero-order valence-corrected chi connectivity index (χ0v) is 13.3. The summed E-state index contributed by atoms with van der Waals surface area (Å²) in [5.41, 5.74) is 7.62. The second-order valence-corrected chi connectivity index (χ2v) is 4.98. The van der Waals surface area contributed by atoms with E-state index >= 15 is 0 Å². The molecule has 0 aliphatic rings. The third-order valence-electron chi connectivity index (χ3n) is 2.85. The molecule has 0 fully saturated rings. The minimum atomic E-state index is -0.107. The van der Waals surface area contributed by atoms with Crippen LogP contribution in [0.15, 0.2) is 18.2 Å². The molecule has 1 amide bonds. The van der Waals surface area contributed by atoms with Gasteiger partial charge in [0.2, 0.25) is 0 Å². The summed E-state index contributed by atoms with van der Waals surface area (Å²) in [5.74, 6) is 1.06. The lowest BCUT2D eigenvalue weighted by Gasteiger charge is -2.14. The smallest absolute Gasteiger partial charge is 0.257 e. The fourth-order valence-corrected chi connectivity index (χ4v) is 1.77. The van der Waals surface area contributed by atoms with E-state index in [9.17, 15) is 4.79 Å². The third kappa shape index (κ3) is 6.26. The number of rotatable bonds is 7. The maximum absolute atomic E-state index is 11.6. The lowest BCUT2D eigenvalue weighted by molar-refractivity contribution is -0.123. The molecule has 0 saturated carbocycles. The van der Waals surface area contributed by atoms with Crippen molar-refractivity contribution in [2.24, 2.45) is 5.73 Å². The fourth-order valence-electron chi connectivity index (χ4n) is 1.77. The van der Waals surface area contributed by atoms with Crippen LogP contribution in [0, 0.1) is 6.92 Å². The molecule has 5 heteroatoms. The van der Waals surface area contributed by atoms with Gasteiger partial charge in [-0.15, -0.1) is 12.4 Å². The predicted molar refractivity (Wildman–Crippen MR) is 84.7 cm³/mol. The van der Waals surface area contributed by atoms with Gasteiger partial charge >= 0.3 is 0 Å². The zero-order chi connectivity index (χ0) is 14.3. The van der Waals surface area contributed by atoms with Crippen molar-refractivity contribution in [3.05, 3.63) is 29.3 Å². The molecule has 0 unspecified atom stereocenters. The molecule has 0 atom stereocenters. The van der Waals surface area contributed by atoms with Crippen LogP contribution in [-0.4, -0.2) is 25.6 Å². The van der Waals surface area contributed by atoms with Gasteiger partial charge < -0.3 is 15.8 Å². The van der Waals surface area contributed by atoms with Crippen LogP contribution < -0.4 is 15.8 Å². The van der Waals surface area contributed by atoms with Crippen LogP contribution in [0.3, 0.4) is 0 Å². The molecule has 3 N–H and O–H groups in total. The first-order valence-corrected chi connectivity index (χ1v) is 6.74. The molecular formula is C15H25ClN2O2. The van der Waals surface area contributed by atoms with Crippen molar-refractivity contribution in [2.75, 3.05) is 19.7 Å². The van der Waals surface area contributed by atoms with Crippen molar-refractivity contribution < 1.29 is 9.53 Å². The average Bonchev–Trinajstić information content (AvgIpc) is 2.36. The molecular weight excluding hydrogens is 276 g/mol. The summed E-state index contributed by atoms with van der Waals surface area (Å²) in [5, 5.41) is 2.77. The van der Waals surface area contributed by atoms with Crippen molar-refractivity contribution in [3.63, 3.8) is 0 Å². The first-order valence-electron chi connectivity index (χ1n) is 6.74. The van der Waals surface area contributed by atoms with Crippen molar-refractivity contribution in [1.82, 2.24) is 5.32 Å². The van der Waals surface area contributed by atoms with Crippen LogP contribution in [0.5, 0.6) is 5.75 Å². The van der Waals surface area contributed by atoms with Gasteiger partial charge in [0, 0.05) is 6.54 Å². The zero-order valence-electron chi connectivity index (χ0n) is 12.4. The van der Waals surface area contributed by atoms with Crippen LogP contribution >= 0.6 is 12.4 Å². The number of benzene rings is 1. The SMILES string of the molecule is Cc1ccc(C(C)C)c(OCC(=O)NCCCN)c1.Cl. The Kier molecular flexibility index (Phi) is 9.01. The number of halogens is 1. The second-order valence-electron chi connectivity index (χ2n) is 4.98. The number of hydrogen-bond acceptors (Lipinski definition) is 3. The van der Waals surface area contributed by atoms with Crippen molar-refractivity contribution in [1.29, 1.82) is 0 Å². The Morgan fingerprint density at radius 3 is 2.70 bits per heavy atom. The fraction of sp³-hybridized carbons (Fsp3) is 0.533. The molecule has 1 rings (SSSR count). The van der Waals surface area contributed by atoms with Gasteiger partial charge in [0.1, 0.15) is 5.75 Å². The van der Waals surface area contributed by atoms with Gasteiger partial charge in [-0.3, -0.25) is 4.79 Å². The van der Waals surface area contributed by atoms with Crippen LogP contribution in [0.1, 0.15) is 37.3 Å². The lowest BCUT2D eigenvalue weighted by atomic mass is 10.0. The number of nitrogens with two attached hydrogens (primary N) is 1. The monoisotopic (exact) mass is 300 g/mol. The molecule has 0 aliphatic carbocycles. The van der Waals surface area contributed by atoms with Crippen molar-refractivity contribution in [2.45, 2.75) is 33.1 Å². The quantitative estimate of drug-likeness (QED) is 0.760. The molecule has 20 heavy (non-hydrogen) atoms. The maximum atomic E-state index is 11.6. The van der Waals surface area contributed by atoms with E-state index in [1.807, 2.05) is 13.0 Å². The number of carbonyl (C=O) groups excluding carboxylic acids is 1. The number of carbonyl (C=O) groups is 1. The number of amides is 1. The molecule has 0 radical (unpaired) electrons. The highest BCUT2D eigenvalue weighted by Crippen LogP contribution is 2.27. The van der Waals surface area contributed by atoms with Crippen LogP contribution in [-0.2, 0) is 4.79 Å². The highest BCUT2D eigenvalue weighted by molar-refractivity contribution is 5.85. The summed E-state index contributed by atoms with van der Waals surface area (Å²) >= 11 is 0. The minimum Gasteiger partial charge on any atom is -0.483 e. The van der Waals surface area contributed by atoms with Crippen molar-refractivity contribution in [3.8, 4) is 5.75 Å². The molecule has 0 aliphatic heterocycles. The minimum absolute atomic E-state index is 0. The molecule has 4 nitrogen and oxygen atoms in total. The number of ether oxygens (including phenoxy) is 1. The topological polar surface area (TPSA) is 64.3 Å². The van der Waals surface area contributed by atoms with E-state index in [0.717, 1.165) is 23.3 Å². The van der Waals surface area contributed by atoms with E-state index in [4.69, 9.17) is 10.5 Å². The molecule has 1 aromatic rings. The average molecular weight is 301 g/mol. The molecule has 0 aromatic heterocycles. The largest absolute Gasteiger partial charge is 0.483 e. The van der Waals surface area contributed by atoms with Crippen LogP contribution in [0.2, 0.25) is 0 Å². The summed E-state index contributed by atoms with van der Waals surface area (Å²) in [4.78, 5) is 11.6. The summed E-state index contributed by atoms with van der Waals surface area (Å²) < 4.78 is 5.63. The second kappa shape index (κ2) is 9.61. The summed E-state index contributed by atoms with van der Waals surface area (Å²) in [6.45, 7) is 7.46. The van der Waals surface area contributed by atoms with Gasteiger partial charge in [-0.05, 0) is 43.0 Å². The summed E-state index contributed by atoms with van der Waals surface area (Å²) in [6.07, 6.45) is 0.785. The van der Waals surface area contributed by atoms with Gasteiger partial charge in [-0.1, -0.05) is 26.0 Å². The number of aryl methyl sites for hydroxylation is 1. The third-order valence-corrected chi connectivity index (χ3v) is 2.85. The number of nitrogens with one attached hydrogen (secondary N) is 1. The first kappa shape index (κ1) is 18.7. The molecule has 0 saturated heterocycles. The van der Waals surface area contributed by atoms with Gasteiger partial charge in [0.25, 0.3) is 5.91 Å². The maximum Gasteiger partial charge on any atom is 0.257 e. The van der Waals surface area contributed by atoms with E-state index in [2.05, 4.69) is 31.3 Å². The lowest BCUT2D eigenvalue weighted by Crippen LogP contribution is -2.30. The Morgan fingerprint density at radius 1 is 1.40 bits per heavy atom. The molecule has 114 valence electrons. The highest BCUT2D eigenvalue weighted by Gasteiger charge is 2.09. The molecule has 0 heterocycles. The normalized spacial score (nSPS) is 10.1. The van der Waals surface area contributed by atoms with E-state index < -0.39 is 0 Å². The summed E-state index contributed by atoms with van der Waals surface area (Å²) in [6, 6.07) is 6.09. The Labute approximate surface area is 127 Å². The van der Waals surface area contributed by atoms with Crippen molar-refractivity contribution >= 4 is 18.3 Å². The van der Waals surface area contributed by atoms with Crippen LogP contribution in [0.25, 0.3) is 0 Å². The Bertz CT molecular complexity index is 422. The highest BCUT2D eigenvalue weighted by atomic mass is 35.5. The molecule has 1 aromatic carbocycles. The van der Waals surface area contributed by atoms with Gasteiger partial charge in [-0.2, -0.15) is 0 Å². The molecule has 0 spiro atoms. The van der Waals surface area contributed by atoms with E-state index in [-0.39, 0.29) is 24.9 Å². The Balaban J connectivity index is 0.00000361. The van der Waals surface area contributed by atoms with Gasteiger partial charge in [-0.25, -0.2) is 0 Å². The number of hydrogen-bond donors (Lipinski definition) is 2. The standard InChI is InChI=1S/C15H24N2O2.ClH/c1-11(2)13-6-5-12(3)9-14(13)19-10-15(18)17-8-4-7-16;/h5-6,9,11H,4,7-8,10,16H2,1-3H3,(H,17,18);1H. The van der Waals surface area contributed by atoms with E-state index in [1.54, 1.807) is 0 Å². The van der Waals surface area contributed by atoms with E-state index in [0.29, 0.717) is 19.0 Å².